The van der Waals surface area contributed by atoms with Gasteiger partial charge in [0.05, 0.1) is 29.1 Å². The largest absolute Gasteiger partial charge is 0.318 e. The van der Waals surface area contributed by atoms with Gasteiger partial charge in [-0.25, -0.2) is 4.39 Å². The van der Waals surface area contributed by atoms with Gasteiger partial charge in [0, 0.05) is 11.8 Å². The first kappa shape index (κ1) is 14.5. The number of benzene rings is 1. The van der Waals surface area contributed by atoms with Crippen LogP contribution < -0.4 is 5.32 Å². The zero-order chi connectivity index (χ0) is 15.5. The van der Waals surface area contributed by atoms with Crippen LogP contribution in [0.3, 0.4) is 0 Å². The van der Waals surface area contributed by atoms with Crippen molar-refractivity contribution in [3.05, 3.63) is 64.4 Å². The first-order valence-electron chi connectivity index (χ1n) is 6.39. The Morgan fingerprint density at radius 2 is 2.18 bits per heavy atom. The number of rotatable bonds is 4. The number of H-pyrrole nitrogens is 1. The maximum Gasteiger partial charge on any atom is 0.274 e. The van der Waals surface area contributed by atoms with Gasteiger partial charge >= 0.3 is 0 Å². The lowest BCUT2D eigenvalue weighted by Crippen LogP contribution is -2.12. The molecular weight excluding hydrogens is 353 g/mol. The van der Waals surface area contributed by atoms with Crippen molar-refractivity contribution in [3.8, 4) is 0 Å². The van der Waals surface area contributed by atoms with E-state index in [0.29, 0.717) is 21.4 Å². The van der Waals surface area contributed by atoms with Crippen molar-refractivity contribution in [2.75, 3.05) is 5.32 Å². The molecule has 8 heteroatoms. The van der Waals surface area contributed by atoms with Gasteiger partial charge < -0.3 is 5.32 Å². The summed E-state index contributed by atoms with van der Waals surface area (Å²) in [4.78, 5) is 12.0. The Morgan fingerprint density at radius 1 is 1.36 bits per heavy atom. The highest BCUT2D eigenvalue weighted by molar-refractivity contribution is 9.10. The fraction of sp³-hybridized carbons (Fsp3) is 0.0714. The minimum atomic E-state index is -0.338. The Morgan fingerprint density at radius 3 is 2.91 bits per heavy atom. The molecule has 0 saturated carbocycles. The fourth-order valence-corrected chi connectivity index (χ4v) is 2.31. The van der Waals surface area contributed by atoms with E-state index in [1.165, 1.54) is 18.5 Å². The topological polar surface area (TPSA) is 75.6 Å². The third-order valence-electron chi connectivity index (χ3n) is 3.00. The number of nitrogens with zero attached hydrogens (tertiary/aromatic N) is 3. The molecule has 0 atom stereocenters. The summed E-state index contributed by atoms with van der Waals surface area (Å²) in [5.74, 6) is -0.625. The van der Waals surface area contributed by atoms with Gasteiger partial charge in [-0.1, -0.05) is 18.2 Å². The summed E-state index contributed by atoms with van der Waals surface area (Å²) in [6, 6.07) is 6.49. The van der Waals surface area contributed by atoms with E-state index in [2.05, 4.69) is 36.5 Å². The summed E-state index contributed by atoms with van der Waals surface area (Å²) >= 11 is 3.22. The lowest BCUT2D eigenvalue weighted by atomic mass is 10.2. The van der Waals surface area contributed by atoms with Gasteiger partial charge in [-0.15, -0.1) is 0 Å². The molecule has 112 valence electrons. The Labute approximate surface area is 133 Å². The second-order valence-electron chi connectivity index (χ2n) is 4.57. The maximum atomic E-state index is 13.6. The normalized spacial score (nSPS) is 10.6. The summed E-state index contributed by atoms with van der Waals surface area (Å²) in [6.45, 7) is 0.288. The molecule has 0 saturated heterocycles. The number of anilines is 1. The van der Waals surface area contributed by atoms with Crippen LogP contribution in [0.1, 0.15) is 16.1 Å². The molecule has 3 rings (SSSR count). The van der Waals surface area contributed by atoms with Crippen molar-refractivity contribution in [2.24, 2.45) is 0 Å². The number of halogens is 2. The number of hydrogen-bond acceptors (Lipinski definition) is 3. The van der Waals surface area contributed by atoms with Crippen molar-refractivity contribution >= 4 is 27.5 Å². The Hall–Kier alpha value is -2.48. The highest BCUT2D eigenvalue weighted by atomic mass is 79.9. The molecular formula is C14H11BrFN5O. The second-order valence-corrected chi connectivity index (χ2v) is 5.42. The number of carbonyl (C=O) groups excluding carboxylic acids is 1. The molecule has 2 N–H and O–H groups in total. The SMILES string of the molecule is O=C(Nc1cnn(Cc2ccccc2F)c1)c1[nH]ncc1Br. The Balaban J connectivity index is 1.70. The Kier molecular flexibility index (Phi) is 4.01. The molecule has 3 aromatic rings. The predicted molar refractivity (Wildman–Crippen MR) is 82.0 cm³/mol. The molecule has 2 aromatic heterocycles. The zero-order valence-electron chi connectivity index (χ0n) is 11.3. The van der Waals surface area contributed by atoms with Crippen molar-refractivity contribution in [1.29, 1.82) is 0 Å². The summed E-state index contributed by atoms with van der Waals surface area (Å²) in [6.07, 6.45) is 4.63. The second kappa shape index (κ2) is 6.10. The molecule has 1 amide bonds. The molecule has 0 bridgehead atoms. The molecule has 0 radical (unpaired) electrons. The van der Waals surface area contributed by atoms with Gasteiger partial charge in [-0.05, 0) is 22.0 Å². The first-order valence-corrected chi connectivity index (χ1v) is 7.19. The van der Waals surface area contributed by atoms with E-state index in [-0.39, 0.29) is 18.3 Å². The van der Waals surface area contributed by atoms with Gasteiger partial charge in [0.1, 0.15) is 11.5 Å². The first-order chi connectivity index (χ1) is 10.6. The minimum Gasteiger partial charge on any atom is -0.318 e. The van der Waals surface area contributed by atoms with E-state index in [1.54, 1.807) is 29.1 Å². The van der Waals surface area contributed by atoms with Crippen molar-refractivity contribution < 1.29 is 9.18 Å². The van der Waals surface area contributed by atoms with Gasteiger partial charge in [-0.3, -0.25) is 14.6 Å². The Bertz CT molecular complexity index is 813. The monoisotopic (exact) mass is 363 g/mol. The van der Waals surface area contributed by atoms with E-state index >= 15 is 0 Å². The maximum absolute atomic E-state index is 13.6. The molecule has 0 aliphatic rings. The lowest BCUT2D eigenvalue weighted by molar-refractivity contribution is 0.102. The van der Waals surface area contributed by atoms with Crippen LogP contribution in [0.2, 0.25) is 0 Å². The van der Waals surface area contributed by atoms with Crippen LogP contribution in [0.15, 0.2) is 47.3 Å². The molecule has 0 unspecified atom stereocenters. The van der Waals surface area contributed by atoms with E-state index in [1.807, 2.05) is 0 Å². The molecule has 22 heavy (non-hydrogen) atoms. The van der Waals surface area contributed by atoms with Crippen molar-refractivity contribution in [2.45, 2.75) is 6.54 Å². The lowest BCUT2D eigenvalue weighted by Gasteiger charge is -2.03. The number of carbonyl (C=O) groups is 1. The van der Waals surface area contributed by atoms with Crippen LogP contribution in [0.4, 0.5) is 10.1 Å². The van der Waals surface area contributed by atoms with Crippen LogP contribution in [0.5, 0.6) is 0 Å². The smallest absolute Gasteiger partial charge is 0.274 e. The fourth-order valence-electron chi connectivity index (χ4n) is 1.94. The number of aromatic nitrogens is 4. The van der Waals surface area contributed by atoms with Gasteiger partial charge in [0.25, 0.3) is 5.91 Å². The van der Waals surface area contributed by atoms with Gasteiger partial charge in [0.15, 0.2) is 0 Å². The van der Waals surface area contributed by atoms with Crippen molar-refractivity contribution in [3.63, 3.8) is 0 Å². The number of aromatic amines is 1. The molecule has 0 spiro atoms. The van der Waals surface area contributed by atoms with E-state index in [9.17, 15) is 9.18 Å². The summed E-state index contributed by atoms with van der Waals surface area (Å²) < 4.78 is 15.7. The molecule has 2 heterocycles. The molecule has 0 aliphatic carbocycles. The molecule has 0 aliphatic heterocycles. The van der Waals surface area contributed by atoms with Gasteiger partial charge in [-0.2, -0.15) is 10.2 Å². The zero-order valence-corrected chi connectivity index (χ0v) is 12.8. The number of amides is 1. The third-order valence-corrected chi connectivity index (χ3v) is 3.60. The summed E-state index contributed by atoms with van der Waals surface area (Å²) in [5, 5.41) is 13.1. The van der Waals surface area contributed by atoms with Crippen LogP contribution in [-0.2, 0) is 6.54 Å². The van der Waals surface area contributed by atoms with Crippen LogP contribution in [0, 0.1) is 5.82 Å². The molecule has 1 aromatic carbocycles. The highest BCUT2D eigenvalue weighted by Crippen LogP contribution is 2.15. The van der Waals surface area contributed by atoms with Crippen LogP contribution >= 0.6 is 15.9 Å². The van der Waals surface area contributed by atoms with E-state index in [0.717, 1.165) is 0 Å². The highest BCUT2D eigenvalue weighted by Gasteiger charge is 2.13. The summed E-state index contributed by atoms with van der Waals surface area (Å²) in [7, 11) is 0. The standard InChI is InChI=1S/C14H11BrFN5O/c15-11-6-17-20-13(11)14(22)19-10-5-18-21(8-10)7-9-3-1-2-4-12(9)16/h1-6,8H,7H2,(H,17,20)(H,19,22). The average molecular weight is 364 g/mol. The molecule has 0 fully saturated rings. The third kappa shape index (κ3) is 3.06. The van der Waals surface area contributed by atoms with Crippen LogP contribution in [0.25, 0.3) is 0 Å². The molecule has 6 nitrogen and oxygen atoms in total. The quantitative estimate of drug-likeness (QED) is 0.748. The average Bonchev–Trinajstić information content (AvgIpc) is 3.10. The van der Waals surface area contributed by atoms with E-state index < -0.39 is 0 Å². The number of nitrogens with one attached hydrogen (secondary N) is 2. The van der Waals surface area contributed by atoms with E-state index in [4.69, 9.17) is 0 Å². The predicted octanol–water partition coefficient (Wildman–Crippen LogP) is 2.81. The van der Waals surface area contributed by atoms with Gasteiger partial charge in [0.2, 0.25) is 0 Å². The number of hydrogen-bond donors (Lipinski definition) is 2. The van der Waals surface area contributed by atoms with Crippen LogP contribution in [-0.4, -0.2) is 25.9 Å². The van der Waals surface area contributed by atoms with Crippen molar-refractivity contribution in [1.82, 2.24) is 20.0 Å². The minimum absolute atomic E-state index is 0.287. The summed E-state index contributed by atoms with van der Waals surface area (Å²) in [5.41, 5.74) is 1.37.